The zero-order chi connectivity index (χ0) is 15.0. The molecule has 3 rings (SSSR count). The first-order valence-electron chi connectivity index (χ1n) is 5.83. The normalized spacial score (nSPS) is 14.0. The number of hydrogen-bond donors (Lipinski definition) is 1. The van der Waals surface area contributed by atoms with Crippen LogP contribution in [0.2, 0.25) is 9.36 Å². The second-order valence-electron chi connectivity index (χ2n) is 4.14. The van der Waals surface area contributed by atoms with Gasteiger partial charge in [0.25, 0.3) is 10.0 Å². The first-order chi connectivity index (χ1) is 9.95. The highest BCUT2D eigenvalue weighted by atomic mass is 35.5. The molecule has 0 radical (unpaired) electrons. The molecule has 1 aromatic heterocycles. The second-order valence-corrected chi connectivity index (χ2v) is 8.17. The van der Waals surface area contributed by atoms with E-state index in [1.54, 1.807) is 0 Å². The fourth-order valence-corrected chi connectivity index (χ4v) is 4.59. The molecular weight excluding hydrogens is 357 g/mol. The molecule has 21 heavy (non-hydrogen) atoms. The van der Waals surface area contributed by atoms with Gasteiger partial charge in [-0.1, -0.05) is 23.2 Å². The Morgan fingerprint density at radius 1 is 1.10 bits per heavy atom. The van der Waals surface area contributed by atoms with Gasteiger partial charge in [-0.25, -0.2) is 8.42 Å². The number of rotatable bonds is 3. The lowest BCUT2D eigenvalue weighted by Crippen LogP contribution is -2.16. The lowest BCUT2D eigenvalue weighted by Gasteiger charge is -2.20. The Balaban J connectivity index is 1.94. The number of anilines is 1. The zero-order valence-corrected chi connectivity index (χ0v) is 13.6. The number of benzene rings is 1. The van der Waals surface area contributed by atoms with Gasteiger partial charge in [0.05, 0.1) is 15.0 Å². The van der Waals surface area contributed by atoms with Crippen LogP contribution < -0.4 is 14.2 Å². The van der Waals surface area contributed by atoms with E-state index in [9.17, 15) is 8.42 Å². The molecule has 2 aromatic rings. The summed E-state index contributed by atoms with van der Waals surface area (Å²) in [6, 6.07) is 5.98. The number of halogens is 2. The third-order valence-electron chi connectivity index (χ3n) is 2.69. The van der Waals surface area contributed by atoms with Gasteiger partial charge < -0.3 is 9.47 Å². The number of ether oxygens (including phenoxy) is 2. The molecule has 0 unspecified atom stereocenters. The molecule has 0 saturated heterocycles. The van der Waals surface area contributed by atoms with Crippen molar-refractivity contribution in [2.24, 2.45) is 0 Å². The highest BCUT2D eigenvalue weighted by molar-refractivity contribution is 7.94. The summed E-state index contributed by atoms with van der Waals surface area (Å²) in [6.07, 6.45) is 0. The molecular formula is C12H9Cl2NO4S2. The Bertz CT molecular complexity index is 789. The van der Waals surface area contributed by atoms with E-state index in [0.29, 0.717) is 29.0 Å². The van der Waals surface area contributed by atoms with Crippen LogP contribution in [-0.4, -0.2) is 21.6 Å². The van der Waals surface area contributed by atoms with Crippen molar-refractivity contribution in [3.05, 3.63) is 33.6 Å². The van der Waals surface area contributed by atoms with Crippen LogP contribution in [-0.2, 0) is 10.0 Å². The molecule has 0 amide bonds. The van der Waals surface area contributed by atoms with Gasteiger partial charge in [0.15, 0.2) is 11.5 Å². The molecule has 0 bridgehead atoms. The van der Waals surface area contributed by atoms with Crippen LogP contribution in [0.4, 0.5) is 5.69 Å². The topological polar surface area (TPSA) is 64.6 Å². The third kappa shape index (κ3) is 3.06. The minimum atomic E-state index is -3.74. The van der Waals surface area contributed by atoms with E-state index in [4.69, 9.17) is 32.7 Å². The van der Waals surface area contributed by atoms with E-state index in [1.165, 1.54) is 24.3 Å². The molecule has 0 saturated carbocycles. The molecule has 1 N–H and O–H groups in total. The van der Waals surface area contributed by atoms with Gasteiger partial charge in [0, 0.05) is 12.1 Å². The predicted molar refractivity (Wildman–Crippen MR) is 82.6 cm³/mol. The van der Waals surface area contributed by atoms with Crippen LogP contribution in [0.15, 0.2) is 28.5 Å². The van der Waals surface area contributed by atoms with Crippen LogP contribution in [0.1, 0.15) is 0 Å². The Hall–Kier alpha value is -1.15. The van der Waals surface area contributed by atoms with E-state index >= 15 is 0 Å². The average molecular weight is 366 g/mol. The van der Waals surface area contributed by atoms with Crippen LogP contribution >= 0.6 is 34.5 Å². The summed E-state index contributed by atoms with van der Waals surface area (Å²) < 4.78 is 38.2. The number of thiophene rings is 1. The maximum absolute atomic E-state index is 12.2. The van der Waals surface area contributed by atoms with Gasteiger partial charge in [-0.15, -0.1) is 11.3 Å². The summed E-state index contributed by atoms with van der Waals surface area (Å²) >= 11 is 12.8. The van der Waals surface area contributed by atoms with Gasteiger partial charge in [-0.3, -0.25) is 4.72 Å². The Labute approximate surface area is 135 Å². The summed E-state index contributed by atoms with van der Waals surface area (Å²) in [7, 11) is -3.74. The fraction of sp³-hybridized carbons (Fsp3) is 0.167. The molecule has 1 aliphatic heterocycles. The van der Waals surface area contributed by atoms with Gasteiger partial charge in [0.2, 0.25) is 0 Å². The largest absolute Gasteiger partial charge is 0.486 e. The lowest BCUT2D eigenvalue weighted by molar-refractivity contribution is 0.171. The smallest absolute Gasteiger partial charge is 0.271 e. The summed E-state index contributed by atoms with van der Waals surface area (Å²) in [6.45, 7) is 0.837. The molecule has 9 heteroatoms. The Morgan fingerprint density at radius 3 is 2.38 bits per heavy atom. The minimum absolute atomic E-state index is 0.110. The Kier molecular flexibility index (Phi) is 3.92. The van der Waals surface area contributed by atoms with E-state index < -0.39 is 10.0 Å². The van der Waals surface area contributed by atoms with E-state index in [2.05, 4.69) is 4.72 Å². The summed E-state index contributed by atoms with van der Waals surface area (Å²) in [5.74, 6) is 0.945. The molecule has 5 nitrogen and oxygen atoms in total. The molecule has 0 atom stereocenters. The summed E-state index contributed by atoms with van der Waals surface area (Å²) in [4.78, 5) is 0. The second kappa shape index (κ2) is 5.57. The molecule has 2 heterocycles. The van der Waals surface area contributed by atoms with Gasteiger partial charge in [-0.2, -0.15) is 0 Å². The standard InChI is InChI=1S/C12H9Cl2NO4S2/c13-7-5-9-10(19-4-3-18-9)6-8(7)15-21(16,17)12-2-1-11(14)20-12/h1-2,5-6,15H,3-4H2. The summed E-state index contributed by atoms with van der Waals surface area (Å²) in [5.41, 5.74) is 0.227. The molecule has 0 spiro atoms. The van der Waals surface area contributed by atoms with Crippen molar-refractivity contribution < 1.29 is 17.9 Å². The summed E-state index contributed by atoms with van der Waals surface area (Å²) in [5, 5.41) is 0.227. The van der Waals surface area contributed by atoms with Crippen molar-refractivity contribution in [2.75, 3.05) is 17.9 Å². The van der Waals surface area contributed by atoms with E-state index in [-0.39, 0.29) is 14.9 Å². The quantitative estimate of drug-likeness (QED) is 0.901. The van der Waals surface area contributed by atoms with Gasteiger partial charge >= 0.3 is 0 Å². The molecule has 1 aromatic carbocycles. The molecule has 1 aliphatic rings. The van der Waals surface area contributed by atoms with Crippen molar-refractivity contribution >= 4 is 50.2 Å². The maximum Gasteiger partial charge on any atom is 0.271 e. The predicted octanol–water partition coefficient (Wildman–Crippen LogP) is 3.63. The van der Waals surface area contributed by atoms with Crippen molar-refractivity contribution in [2.45, 2.75) is 4.21 Å². The van der Waals surface area contributed by atoms with Crippen molar-refractivity contribution in [1.29, 1.82) is 0 Å². The van der Waals surface area contributed by atoms with Crippen LogP contribution in [0, 0.1) is 0 Å². The van der Waals surface area contributed by atoms with Crippen LogP contribution in [0.25, 0.3) is 0 Å². The first-order valence-corrected chi connectivity index (χ1v) is 8.88. The van der Waals surface area contributed by atoms with Crippen molar-refractivity contribution in [1.82, 2.24) is 0 Å². The number of nitrogens with one attached hydrogen (secondary N) is 1. The maximum atomic E-state index is 12.2. The molecule has 0 fully saturated rings. The Morgan fingerprint density at radius 2 is 1.76 bits per heavy atom. The average Bonchev–Trinajstić information content (AvgIpc) is 2.87. The zero-order valence-electron chi connectivity index (χ0n) is 10.4. The SMILES string of the molecule is O=S(=O)(Nc1cc2c(cc1Cl)OCCO2)c1ccc(Cl)s1. The van der Waals surface area contributed by atoms with E-state index in [0.717, 1.165) is 11.3 Å². The monoisotopic (exact) mass is 365 g/mol. The van der Waals surface area contributed by atoms with Crippen molar-refractivity contribution in [3.63, 3.8) is 0 Å². The third-order valence-corrected chi connectivity index (χ3v) is 6.09. The van der Waals surface area contributed by atoms with Crippen LogP contribution in [0.5, 0.6) is 11.5 Å². The molecule has 112 valence electrons. The fourth-order valence-electron chi connectivity index (χ4n) is 1.78. The van der Waals surface area contributed by atoms with Gasteiger partial charge in [0.1, 0.15) is 17.4 Å². The van der Waals surface area contributed by atoms with Crippen LogP contribution in [0.3, 0.4) is 0 Å². The highest BCUT2D eigenvalue weighted by Gasteiger charge is 2.21. The first kappa shape index (κ1) is 14.8. The molecule has 0 aliphatic carbocycles. The van der Waals surface area contributed by atoms with E-state index in [1.807, 2.05) is 0 Å². The minimum Gasteiger partial charge on any atom is -0.486 e. The van der Waals surface area contributed by atoms with Gasteiger partial charge in [-0.05, 0) is 12.1 Å². The lowest BCUT2D eigenvalue weighted by atomic mass is 10.2. The number of hydrogen-bond acceptors (Lipinski definition) is 5. The number of fused-ring (bicyclic) bond motifs is 1. The highest BCUT2D eigenvalue weighted by Crippen LogP contribution is 2.39. The number of sulfonamides is 1. The van der Waals surface area contributed by atoms with Crippen molar-refractivity contribution in [3.8, 4) is 11.5 Å².